The van der Waals surface area contributed by atoms with Crippen LogP contribution in [0.3, 0.4) is 0 Å². The summed E-state index contributed by atoms with van der Waals surface area (Å²) in [7, 11) is 1.06. The molecular weight excluding hydrogens is 222 g/mol. The second-order valence-corrected chi connectivity index (χ2v) is 2.92. The minimum Gasteiger partial charge on any atom is -0.465 e. The lowest BCUT2D eigenvalue weighted by molar-refractivity contribution is 0.0588. The van der Waals surface area contributed by atoms with E-state index in [1.54, 1.807) is 0 Å². The Morgan fingerprint density at radius 2 is 2.25 bits per heavy atom. The number of methoxy groups -OCH3 is 1. The molecule has 0 bridgehead atoms. The molecule has 1 aromatic rings. The lowest BCUT2D eigenvalue weighted by atomic mass is 10.0. The Morgan fingerprint density at radius 1 is 1.62 bits per heavy atom. The van der Waals surface area contributed by atoms with E-state index in [1.807, 2.05) is 0 Å². The first kappa shape index (κ1) is 12.3. The topological polar surface area (TPSA) is 85.2 Å². The number of nitrogens with one attached hydrogen (secondary N) is 1. The van der Waals surface area contributed by atoms with Crippen LogP contribution in [0.2, 0.25) is 0 Å². The van der Waals surface area contributed by atoms with Crippen LogP contribution >= 0.6 is 0 Å². The summed E-state index contributed by atoms with van der Waals surface area (Å²) in [4.78, 5) is 24.6. The molecule has 0 fully saturated rings. The first-order chi connectivity index (χ1) is 7.52. The number of rotatable bonds is 3. The third-order valence-corrected chi connectivity index (χ3v) is 2.06. The standard InChI is InChI=1S/C9H10F2N2O3/c1-16-9(15)5-3-13-8(14)4(2-12)6(5)7(10)11/h3,7H,2,12H2,1H3,(H,13,14). The average molecular weight is 232 g/mol. The van der Waals surface area contributed by atoms with E-state index in [4.69, 9.17) is 5.73 Å². The van der Waals surface area contributed by atoms with Crippen molar-refractivity contribution in [3.8, 4) is 0 Å². The fourth-order valence-electron chi connectivity index (χ4n) is 1.32. The number of carbonyl (C=O) groups excluding carboxylic acids is 1. The number of nitrogens with two attached hydrogens (primary N) is 1. The Hall–Kier alpha value is -1.76. The molecule has 0 spiro atoms. The lowest BCUT2D eigenvalue weighted by Gasteiger charge is -2.10. The van der Waals surface area contributed by atoms with Gasteiger partial charge in [0.2, 0.25) is 0 Å². The summed E-state index contributed by atoms with van der Waals surface area (Å²) >= 11 is 0. The number of carbonyl (C=O) groups is 1. The fraction of sp³-hybridized carbons (Fsp3) is 0.333. The molecular formula is C9H10F2N2O3. The Bertz CT molecular complexity index is 457. The highest BCUT2D eigenvalue weighted by molar-refractivity contribution is 5.91. The summed E-state index contributed by atoms with van der Waals surface area (Å²) < 4.78 is 29.8. The van der Waals surface area contributed by atoms with E-state index in [-0.39, 0.29) is 17.7 Å². The predicted molar refractivity (Wildman–Crippen MR) is 51.3 cm³/mol. The number of hydrogen-bond donors (Lipinski definition) is 2. The molecule has 0 aliphatic rings. The Kier molecular flexibility index (Phi) is 3.73. The van der Waals surface area contributed by atoms with E-state index in [1.165, 1.54) is 0 Å². The summed E-state index contributed by atoms with van der Waals surface area (Å²) in [5, 5.41) is 0. The molecule has 0 atom stereocenters. The van der Waals surface area contributed by atoms with Crippen LogP contribution in [0.15, 0.2) is 11.0 Å². The number of aromatic nitrogens is 1. The molecule has 1 rings (SSSR count). The van der Waals surface area contributed by atoms with E-state index in [9.17, 15) is 18.4 Å². The number of alkyl halides is 2. The quantitative estimate of drug-likeness (QED) is 0.745. The molecule has 0 aromatic carbocycles. The van der Waals surface area contributed by atoms with E-state index < -0.39 is 23.5 Å². The van der Waals surface area contributed by atoms with Crippen LogP contribution in [0, 0.1) is 0 Å². The third kappa shape index (κ3) is 2.08. The van der Waals surface area contributed by atoms with Gasteiger partial charge in [-0.3, -0.25) is 4.79 Å². The van der Waals surface area contributed by atoms with Crippen LogP contribution in [0.5, 0.6) is 0 Å². The first-order valence-corrected chi connectivity index (χ1v) is 4.33. The molecule has 0 aliphatic heterocycles. The fourth-order valence-corrected chi connectivity index (χ4v) is 1.32. The second-order valence-electron chi connectivity index (χ2n) is 2.92. The molecule has 0 radical (unpaired) electrons. The summed E-state index contributed by atoms with van der Waals surface area (Å²) in [5.74, 6) is -0.943. The van der Waals surface area contributed by atoms with E-state index in [0.717, 1.165) is 13.3 Å². The van der Waals surface area contributed by atoms with Gasteiger partial charge in [0.1, 0.15) is 0 Å². The maximum atomic E-state index is 12.7. The summed E-state index contributed by atoms with van der Waals surface area (Å²) in [6.07, 6.45) is -2.07. The summed E-state index contributed by atoms with van der Waals surface area (Å²) in [5.41, 5.74) is 3.11. The van der Waals surface area contributed by atoms with Crippen LogP contribution < -0.4 is 11.3 Å². The van der Waals surface area contributed by atoms with Crippen molar-refractivity contribution < 1.29 is 18.3 Å². The number of ether oxygens (including phenoxy) is 1. The molecule has 0 unspecified atom stereocenters. The van der Waals surface area contributed by atoms with Crippen molar-refractivity contribution in [2.24, 2.45) is 5.73 Å². The van der Waals surface area contributed by atoms with E-state index >= 15 is 0 Å². The van der Waals surface area contributed by atoms with Crippen LogP contribution in [0.4, 0.5) is 8.78 Å². The Morgan fingerprint density at radius 3 is 2.69 bits per heavy atom. The molecule has 5 nitrogen and oxygen atoms in total. The van der Waals surface area contributed by atoms with Crippen molar-refractivity contribution in [3.63, 3.8) is 0 Å². The number of H-pyrrole nitrogens is 1. The SMILES string of the molecule is COC(=O)c1c[nH]c(=O)c(CN)c1C(F)F. The third-order valence-electron chi connectivity index (χ3n) is 2.06. The highest BCUT2D eigenvalue weighted by Gasteiger charge is 2.24. The lowest BCUT2D eigenvalue weighted by Crippen LogP contribution is -2.22. The van der Waals surface area contributed by atoms with Crippen LogP contribution in [0.1, 0.15) is 27.9 Å². The van der Waals surface area contributed by atoms with Gasteiger partial charge in [-0.2, -0.15) is 0 Å². The van der Waals surface area contributed by atoms with E-state index in [0.29, 0.717) is 0 Å². The van der Waals surface area contributed by atoms with Crippen molar-refractivity contribution in [1.82, 2.24) is 4.98 Å². The molecule has 1 heterocycles. The van der Waals surface area contributed by atoms with Gasteiger partial charge in [0.25, 0.3) is 12.0 Å². The van der Waals surface area contributed by atoms with Gasteiger partial charge in [-0.1, -0.05) is 0 Å². The van der Waals surface area contributed by atoms with Gasteiger partial charge in [-0.05, 0) is 0 Å². The summed E-state index contributed by atoms with van der Waals surface area (Å²) in [6, 6.07) is 0. The maximum absolute atomic E-state index is 12.7. The van der Waals surface area contributed by atoms with Crippen LogP contribution in [0.25, 0.3) is 0 Å². The smallest absolute Gasteiger partial charge is 0.339 e. The summed E-state index contributed by atoms with van der Waals surface area (Å²) in [6.45, 7) is -0.375. The maximum Gasteiger partial charge on any atom is 0.339 e. The van der Waals surface area contributed by atoms with Crippen molar-refractivity contribution in [2.45, 2.75) is 13.0 Å². The number of aromatic amines is 1. The van der Waals surface area contributed by atoms with E-state index in [2.05, 4.69) is 9.72 Å². The Balaban J connectivity index is 3.51. The van der Waals surface area contributed by atoms with Gasteiger partial charge in [-0.15, -0.1) is 0 Å². The van der Waals surface area contributed by atoms with Crippen molar-refractivity contribution in [1.29, 1.82) is 0 Å². The first-order valence-electron chi connectivity index (χ1n) is 4.33. The number of pyridine rings is 1. The minimum absolute atomic E-state index is 0.307. The van der Waals surface area contributed by atoms with Gasteiger partial charge < -0.3 is 15.5 Å². The van der Waals surface area contributed by atoms with Gasteiger partial charge >= 0.3 is 5.97 Å². The zero-order valence-electron chi connectivity index (χ0n) is 8.42. The molecule has 0 saturated heterocycles. The molecule has 7 heteroatoms. The van der Waals surface area contributed by atoms with Gasteiger partial charge in [0, 0.05) is 23.9 Å². The second kappa shape index (κ2) is 4.84. The number of esters is 1. The number of halogens is 2. The molecule has 0 saturated carbocycles. The van der Waals surface area contributed by atoms with Crippen LogP contribution in [-0.4, -0.2) is 18.1 Å². The molecule has 3 N–H and O–H groups in total. The predicted octanol–water partition coefficient (Wildman–Crippen LogP) is 0.558. The largest absolute Gasteiger partial charge is 0.465 e. The normalized spacial score (nSPS) is 10.6. The van der Waals surface area contributed by atoms with Gasteiger partial charge in [0.05, 0.1) is 12.7 Å². The highest BCUT2D eigenvalue weighted by Crippen LogP contribution is 2.24. The molecule has 0 aliphatic carbocycles. The van der Waals surface area contributed by atoms with Crippen molar-refractivity contribution >= 4 is 5.97 Å². The molecule has 1 aromatic heterocycles. The van der Waals surface area contributed by atoms with Crippen molar-refractivity contribution in [3.05, 3.63) is 33.2 Å². The monoisotopic (exact) mass is 232 g/mol. The zero-order chi connectivity index (χ0) is 12.3. The van der Waals surface area contributed by atoms with Gasteiger partial charge in [0.15, 0.2) is 0 Å². The zero-order valence-corrected chi connectivity index (χ0v) is 8.42. The van der Waals surface area contributed by atoms with Crippen molar-refractivity contribution in [2.75, 3.05) is 7.11 Å². The average Bonchev–Trinajstić information content (AvgIpc) is 2.27. The molecule has 88 valence electrons. The minimum atomic E-state index is -2.96. The molecule has 16 heavy (non-hydrogen) atoms. The Labute approximate surface area is 89.2 Å². The number of hydrogen-bond acceptors (Lipinski definition) is 4. The van der Waals surface area contributed by atoms with Gasteiger partial charge in [-0.25, -0.2) is 13.6 Å². The molecule has 0 amide bonds. The van der Waals surface area contributed by atoms with Crippen LogP contribution in [-0.2, 0) is 11.3 Å². The highest BCUT2D eigenvalue weighted by atomic mass is 19.3.